The Morgan fingerprint density at radius 1 is 1.21 bits per heavy atom. The van der Waals surface area contributed by atoms with E-state index in [1.54, 1.807) is 37.4 Å². The fourth-order valence-electron chi connectivity index (χ4n) is 3.48. The first-order valence-corrected chi connectivity index (χ1v) is 10.2. The zero-order chi connectivity index (χ0) is 20.6. The number of hydrogen-bond acceptors (Lipinski definition) is 4. The van der Waals surface area contributed by atoms with Crippen LogP contribution in [0, 0.1) is 11.7 Å². The van der Waals surface area contributed by atoms with Gasteiger partial charge in [0.15, 0.2) is 11.5 Å². The van der Waals surface area contributed by atoms with E-state index in [1.807, 2.05) is 0 Å². The van der Waals surface area contributed by atoms with E-state index in [0.29, 0.717) is 36.1 Å². The second-order valence-corrected chi connectivity index (χ2v) is 7.35. The average Bonchev–Trinajstić information content (AvgIpc) is 3.22. The third-order valence-electron chi connectivity index (χ3n) is 5.21. The molecule has 0 radical (unpaired) electrons. The summed E-state index contributed by atoms with van der Waals surface area (Å²) in [4.78, 5) is 14.8. The monoisotopic (exact) mass is 400 g/mol. The number of benzene rings is 2. The van der Waals surface area contributed by atoms with Gasteiger partial charge in [-0.25, -0.2) is 4.39 Å². The first kappa shape index (κ1) is 21.0. The van der Waals surface area contributed by atoms with Crippen molar-refractivity contribution in [1.29, 1.82) is 0 Å². The Hall–Kier alpha value is -2.76. The highest BCUT2D eigenvalue weighted by atomic mass is 19.1. The number of hydrogen-bond donors (Lipinski definition) is 1. The summed E-state index contributed by atoms with van der Waals surface area (Å²) < 4.78 is 24.2. The van der Waals surface area contributed by atoms with E-state index in [4.69, 9.17) is 9.47 Å². The molecule has 1 amide bonds. The van der Waals surface area contributed by atoms with E-state index in [-0.39, 0.29) is 11.7 Å². The van der Waals surface area contributed by atoms with Gasteiger partial charge in [-0.2, -0.15) is 0 Å². The summed E-state index contributed by atoms with van der Waals surface area (Å²) in [5.74, 6) is 1.24. The van der Waals surface area contributed by atoms with Crippen LogP contribution in [0.3, 0.4) is 0 Å². The lowest BCUT2D eigenvalue weighted by molar-refractivity contribution is 0.0948. The molecule has 1 fully saturated rings. The number of methoxy groups -OCH3 is 1. The summed E-state index contributed by atoms with van der Waals surface area (Å²) in [5, 5.41) is 3.02. The summed E-state index contributed by atoms with van der Waals surface area (Å²) in [7, 11) is 1.58. The highest BCUT2D eigenvalue weighted by molar-refractivity contribution is 5.94. The van der Waals surface area contributed by atoms with Crippen LogP contribution in [-0.2, 0) is 0 Å². The van der Waals surface area contributed by atoms with Crippen molar-refractivity contribution in [2.75, 3.05) is 38.3 Å². The Kier molecular flexibility index (Phi) is 7.33. The number of ether oxygens (including phenoxy) is 2. The van der Waals surface area contributed by atoms with Crippen LogP contribution in [0.25, 0.3) is 0 Å². The van der Waals surface area contributed by atoms with Crippen molar-refractivity contribution in [2.24, 2.45) is 5.92 Å². The molecule has 1 saturated heterocycles. The number of anilines is 1. The maximum absolute atomic E-state index is 13.1. The van der Waals surface area contributed by atoms with Gasteiger partial charge >= 0.3 is 0 Å². The van der Waals surface area contributed by atoms with Crippen molar-refractivity contribution in [2.45, 2.75) is 26.2 Å². The SMILES string of the molecule is CCCCOc1ccc(C(=O)NCC2CCN(c3ccc(F)cc3)C2)cc1OC. The first-order chi connectivity index (χ1) is 14.1. The van der Waals surface area contributed by atoms with Gasteiger partial charge in [-0.15, -0.1) is 0 Å². The van der Waals surface area contributed by atoms with E-state index >= 15 is 0 Å². The van der Waals surface area contributed by atoms with Gasteiger partial charge in [0.05, 0.1) is 13.7 Å². The maximum atomic E-state index is 13.1. The highest BCUT2D eigenvalue weighted by Gasteiger charge is 2.23. The van der Waals surface area contributed by atoms with Gasteiger partial charge in [0.25, 0.3) is 5.91 Å². The molecule has 1 atom stereocenters. The molecule has 1 aliphatic rings. The summed E-state index contributed by atoms with van der Waals surface area (Å²) in [6.07, 6.45) is 3.02. The van der Waals surface area contributed by atoms with Gasteiger partial charge in [-0.1, -0.05) is 13.3 Å². The maximum Gasteiger partial charge on any atom is 0.251 e. The molecule has 1 N–H and O–H groups in total. The van der Waals surface area contributed by atoms with Crippen LogP contribution in [0.15, 0.2) is 42.5 Å². The summed E-state index contributed by atoms with van der Waals surface area (Å²) in [5.41, 5.74) is 1.57. The topological polar surface area (TPSA) is 50.8 Å². The van der Waals surface area contributed by atoms with E-state index in [1.165, 1.54) is 12.1 Å². The van der Waals surface area contributed by atoms with Gasteiger partial charge in [-0.05, 0) is 61.2 Å². The number of halogens is 1. The molecule has 5 nitrogen and oxygen atoms in total. The van der Waals surface area contributed by atoms with E-state index < -0.39 is 0 Å². The zero-order valence-electron chi connectivity index (χ0n) is 17.1. The molecule has 0 aliphatic carbocycles. The molecule has 2 aromatic carbocycles. The lowest BCUT2D eigenvalue weighted by Gasteiger charge is -2.19. The van der Waals surface area contributed by atoms with Gasteiger partial charge < -0.3 is 19.7 Å². The Morgan fingerprint density at radius 2 is 2.00 bits per heavy atom. The van der Waals surface area contributed by atoms with Gasteiger partial charge in [0.2, 0.25) is 0 Å². The largest absolute Gasteiger partial charge is 0.493 e. The van der Waals surface area contributed by atoms with Crippen LogP contribution < -0.4 is 19.7 Å². The second-order valence-electron chi connectivity index (χ2n) is 7.35. The number of carbonyl (C=O) groups is 1. The molecule has 156 valence electrons. The molecule has 29 heavy (non-hydrogen) atoms. The van der Waals surface area contributed by atoms with Gasteiger partial charge in [0.1, 0.15) is 5.82 Å². The summed E-state index contributed by atoms with van der Waals surface area (Å²) >= 11 is 0. The lowest BCUT2D eigenvalue weighted by atomic mass is 10.1. The van der Waals surface area contributed by atoms with Crippen molar-refractivity contribution < 1.29 is 18.7 Å². The Balaban J connectivity index is 1.52. The minimum atomic E-state index is -0.228. The molecule has 0 saturated carbocycles. The minimum Gasteiger partial charge on any atom is -0.493 e. The fourth-order valence-corrected chi connectivity index (χ4v) is 3.48. The molecule has 0 spiro atoms. The van der Waals surface area contributed by atoms with Crippen molar-refractivity contribution in [3.63, 3.8) is 0 Å². The Bertz CT molecular complexity index is 810. The third-order valence-corrected chi connectivity index (χ3v) is 5.21. The smallest absolute Gasteiger partial charge is 0.251 e. The summed E-state index contributed by atoms with van der Waals surface area (Å²) in [6, 6.07) is 11.8. The molecular weight excluding hydrogens is 371 g/mol. The summed E-state index contributed by atoms with van der Waals surface area (Å²) in [6.45, 7) is 5.10. The molecule has 1 unspecified atom stereocenters. The first-order valence-electron chi connectivity index (χ1n) is 10.2. The predicted octanol–water partition coefficient (Wildman–Crippen LogP) is 4.27. The fraction of sp³-hybridized carbons (Fsp3) is 0.435. The van der Waals surface area contributed by atoms with Crippen molar-refractivity contribution in [3.05, 3.63) is 53.8 Å². The molecule has 0 aromatic heterocycles. The highest BCUT2D eigenvalue weighted by Crippen LogP contribution is 2.28. The number of carbonyl (C=O) groups excluding carboxylic acids is 1. The quantitative estimate of drug-likeness (QED) is 0.639. The zero-order valence-corrected chi connectivity index (χ0v) is 17.1. The van der Waals surface area contributed by atoms with Crippen molar-refractivity contribution in [3.8, 4) is 11.5 Å². The number of nitrogens with zero attached hydrogens (tertiary/aromatic N) is 1. The van der Waals surface area contributed by atoms with E-state index in [9.17, 15) is 9.18 Å². The molecular formula is C23H29FN2O3. The lowest BCUT2D eigenvalue weighted by Crippen LogP contribution is -2.31. The van der Waals surface area contributed by atoms with Crippen LogP contribution in [0.2, 0.25) is 0 Å². The number of rotatable bonds is 9. The third kappa shape index (κ3) is 5.62. The van der Waals surface area contributed by atoms with Crippen LogP contribution in [-0.4, -0.2) is 39.3 Å². The van der Waals surface area contributed by atoms with E-state index in [2.05, 4.69) is 17.1 Å². The van der Waals surface area contributed by atoms with Gasteiger partial charge in [-0.3, -0.25) is 4.79 Å². The molecule has 0 bridgehead atoms. The molecule has 1 heterocycles. The van der Waals surface area contributed by atoms with E-state index in [0.717, 1.165) is 38.0 Å². The second kappa shape index (κ2) is 10.1. The van der Waals surface area contributed by atoms with Crippen LogP contribution in [0.5, 0.6) is 11.5 Å². The predicted molar refractivity (Wildman–Crippen MR) is 112 cm³/mol. The van der Waals surface area contributed by atoms with Gasteiger partial charge in [0, 0.05) is 30.9 Å². The normalized spacial score (nSPS) is 16.0. The molecule has 6 heteroatoms. The number of amides is 1. The molecule has 1 aliphatic heterocycles. The number of unbranched alkanes of at least 4 members (excludes halogenated alkanes) is 1. The Morgan fingerprint density at radius 3 is 2.72 bits per heavy atom. The number of nitrogens with one attached hydrogen (secondary N) is 1. The van der Waals surface area contributed by atoms with Crippen molar-refractivity contribution in [1.82, 2.24) is 5.32 Å². The Labute approximate surface area is 171 Å². The molecule has 3 rings (SSSR count). The standard InChI is InChI=1S/C23H29FN2O3/c1-3-4-13-29-21-10-5-18(14-22(21)28-2)23(27)25-15-17-11-12-26(16-17)20-8-6-19(24)7-9-20/h5-10,14,17H,3-4,11-13,15-16H2,1-2H3,(H,25,27). The van der Waals surface area contributed by atoms with Crippen LogP contribution in [0.4, 0.5) is 10.1 Å². The van der Waals surface area contributed by atoms with Crippen molar-refractivity contribution >= 4 is 11.6 Å². The molecule has 2 aromatic rings. The average molecular weight is 400 g/mol. The minimum absolute atomic E-state index is 0.122. The van der Waals surface area contributed by atoms with Crippen LogP contribution >= 0.6 is 0 Å². The van der Waals surface area contributed by atoms with Crippen LogP contribution in [0.1, 0.15) is 36.5 Å².